The van der Waals surface area contributed by atoms with E-state index in [0.717, 1.165) is 51.4 Å². The Morgan fingerprint density at radius 3 is 2.26 bits per heavy atom. The molecule has 0 aromatic carbocycles. The molecule has 0 aliphatic heterocycles. The minimum Gasteiger partial charge on any atom is -0.348 e. The van der Waals surface area contributed by atoms with Gasteiger partial charge in [-0.15, -0.1) is 0 Å². The third-order valence-electron chi connectivity index (χ3n) is 4.89. The van der Waals surface area contributed by atoms with Crippen LogP contribution in [0.15, 0.2) is 17.2 Å². The predicted molar refractivity (Wildman–Crippen MR) is 87.7 cm³/mol. The first kappa shape index (κ1) is 16.5. The zero-order chi connectivity index (χ0) is 16.4. The van der Waals surface area contributed by atoms with Crippen molar-refractivity contribution in [2.75, 3.05) is 0 Å². The number of rotatable bonds is 5. The maximum atomic E-state index is 12.5. The van der Waals surface area contributed by atoms with Crippen LogP contribution in [0, 0.1) is 0 Å². The molecule has 23 heavy (non-hydrogen) atoms. The third kappa shape index (κ3) is 3.77. The zero-order valence-electron chi connectivity index (χ0n) is 13.5. The van der Waals surface area contributed by atoms with Crippen LogP contribution in [0.1, 0.15) is 61.9 Å². The summed E-state index contributed by atoms with van der Waals surface area (Å²) in [5.74, 6) is -0.193. The number of carbonyl (C=O) groups is 1. The van der Waals surface area contributed by atoms with Crippen LogP contribution in [0.4, 0.5) is 0 Å². The molecular weight excluding hydrogens is 314 g/mol. The molecule has 2 saturated carbocycles. The molecule has 0 unspecified atom stereocenters. The van der Waals surface area contributed by atoms with Gasteiger partial charge in [-0.1, -0.05) is 25.7 Å². The van der Waals surface area contributed by atoms with E-state index in [0.29, 0.717) is 5.69 Å². The molecule has 1 aromatic rings. The van der Waals surface area contributed by atoms with E-state index in [1.807, 2.05) is 0 Å². The molecule has 1 heterocycles. The molecule has 2 fully saturated rings. The molecule has 0 spiro atoms. The zero-order valence-corrected chi connectivity index (χ0v) is 14.4. The van der Waals surface area contributed by atoms with Gasteiger partial charge in [-0.25, -0.2) is 13.1 Å². The molecule has 2 aliphatic carbocycles. The molecule has 0 radical (unpaired) electrons. The molecule has 0 bridgehead atoms. The van der Waals surface area contributed by atoms with Crippen LogP contribution in [0.3, 0.4) is 0 Å². The first-order chi connectivity index (χ1) is 11.0. The highest BCUT2D eigenvalue weighted by Gasteiger charge is 2.26. The number of amides is 1. The summed E-state index contributed by atoms with van der Waals surface area (Å²) in [6.07, 6.45) is 9.72. The number of hydrogen-bond acceptors (Lipinski definition) is 3. The number of carbonyl (C=O) groups excluding carboxylic acids is 1. The van der Waals surface area contributed by atoms with E-state index in [-0.39, 0.29) is 22.9 Å². The van der Waals surface area contributed by atoms with E-state index in [4.69, 9.17) is 0 Å². The molecule has 1 amide bonds. The van der Waals surface area contributed by atoms with Gasteiger partial charge in [-0.05, 0) is 31.7 Å². The fourth-order valence-electron chi connectivity index (χ4n) is 3.57. The van der Waals surface area contributed by atoms with Gasteiger partial charge >= 0.3 is 0 Å². The van der Waals surface area contributed by atoms with Crippen LogP contribution in [0.2, 0.25) is 0 Å². The SMILES string of the molecule is Cn1cc(S(=O)(=O)NC2CCCC2)cc1C(=O)NC1CCCC1. The summed E-state index contributed by atoms with van der Waals surface area (Å²) in [6, 6.07) is 1.71. The largest absolute Gasteiger partial charge is 0.348 e. The molecular formula is C16H25N3O3S. The van der Waals surface area contributed by atoms with Crippen LogP contribution < -0.4 is 10.0 Å². The van der Waals surface area contributed by atoms with Crippen molar-refractivity contribution in [3.8, 4) is 0 Å². The van der Waals surface area contributed by atoms with E-state index in [1.165, 1.54) is 12.3 Å². The highest BCUT2D eigenvalue weighted by atomic mass is 32.2. The maximum Gasteiger partial charge on any atom is 0.268 e. The summed E-state index contributed by atoms with van der Waals surface area (Å²) < 4.78 is 29.3. The minimum atomic E-state index is -3.56. The van der Waals surface area contributed by atoms with Gasteiger partial charge in [0.1, 0.15) is 10.6 Å². The standard InChI is InChI=1S/C16H25N3O3S/c1-19-11-14(23(21,22)18-13-8-4-5-9-13)10-15(19)16(20)17-12-6-2-3-7-12/h10-13,18H,2-9H2,1H3,(H,17,20). The summed E-state index contributed by atoms with van der Waals surface area (Å²) >= 11 is 0. The second kappa shape index (κ2) is 6.65. The van der Waals surface area contributed by atoms with Crippen LogP contribution in [-0.4, -0.2) is 31.0 Å². The van der Waals surface area contributed by atoms with Crippen molar-refractivity contribution >= 4 is 15.9 Å². The lowest BCUT2D eigenvalue weighted by molar-refractivity contribution is 0.0929. The van der Waals surface area contributed by atoms with Gasteiger partial charge < -0.3 is 9.88 Å². The highest BCUT2D eigenvalue weighted by Crippen LogP contribution is 2.22. The van der Waals surface area contributed by atoms with Gasteiger partial charge in [-0.3, -0.25) is 4.79 Å². The normalized spacial score (nSPS) is 20.2. The molecule has 1 aromatic heterocycles. The van der Waals surface area contributed by atoms with Crippen LogP contribution in [0.5, 0.6) is 0 Å². The third-order valence-corrected chi connectivity index (χ3v) is 6.38. The van der Waals surface area contributed by atoms with Gasteiger partial charge in [0.2, 0.25) is 10.0 Å². The lowest BCUT2D eigenvalue weighted by atomic mass is 10.2. The smallest absolute Gasteiger partial charge is 0.268 e. The number of sulfonamides is 1. The van der Waals surface area contributed by atoms with Crippen LogP contribution in [-0.2, 0) is 17.1 Å². The van der Waals surface area contributed by atoms with Crippen molar-refractivity contribution in [2.24, 2.45) is 7.05 Å². The summed E-state index contributed by atoms with van der Waals surface area (Å²) in [5.41, 5.74) is 0.392. The quantitative estimate of drug-likeness (QED) is 0.860. The molecule has 0 saturated heterocycles. The van der Waals surface area contributed by atoms with Gasteiger partial charge in [0.05, 0.1) is 0 Å². The monoisotopic (exact) mass is 339 g/mol. The molecule has 3 rings (SSSR count). The molecule has 7 heteroatoms. The summed E-state index contributed by atoms with van der Waals surface area (Å²) in [5, 5.41) is 3.00. The van der Waals surface area contributed by atoms with E-state index >= 15 is 0 Å². The van der Waals surface area contributed by atoms with Crippen molar-refractivity contribution in [3.63, 3.8) is 0 Å². The van der Waals surface area contributed by atoms with Crippen molar-refractivity contribution < 1.29 is 13.2 Å². The van der Waals surface area contributed by atoms with Crippen LogP contribution in [0.25, 0.3) is 0 Å². The highest BCUT2D eigenvalue weighted by molar-refractivity contribution is 7.89. The van der Waals surface area contributed by atoms with Crippen molar-refractivity contribution in [1.82, 2.24) is 14.6 Å². The Morgan fingerprint density at radius 2 is 1.65 bits per heavy atom. The van der Waals surface area contributed by atoms with E-state index in [1.54, 1.807) is 11.6 Å². The second-order valence-electron chi connectivity index (χ2n) is 6.73. The maximum absolute atomic E-state index is 12.5. The Kier molecular flexibility index (Phi) is 4.77. The van der Waals surface area contributed by atoms with Crippen molar-refractivity contribution in [3.05, 3.63) is 18.0 Å². The van der Waals surface area contributed by atoms with E-state index in [2.05, 4.69) is 10.0 Å². The lowest BCUT2D eigenvalue weighted by Gasteiger charge is -2.12. The minimum absolute atomic E-state index is 0.0240. The van der Waals surface area contributed by atoms with Crippen LogP contribution >= 0.6 is 0 Å². The summed E-state index contributed by atoms with van der Waals surface area (Å²) in [7, 11) is -1.85. The molecule has 0 atom stereocenters. The van der Waals surface area contributed by atoms with Gasteiger partial charge in [0.15, 0.2) is 0 Å². The Bertz CT molecular complexity index is 669. The molecule has 128 valence electrons. The van der Waals surface area contributed by atoms with Gasteiger partial charge in [0.25, 0.3) is 5.91 Å². The number of aromatic nitrogens is 1. The number of aryl methyl sites for hydroxylation is 1. The fourth-order valence-corrected chi connectivity index (χ4v) is 4.94. The summed E-state index contributed by atoms with van der Waals surface area (Å²) in [4.78, 5) is 12.5. The Balaban J connectivity index is 1.72. The summed E-state index contributed by atoms with van der Waals surface area (Å²) in [6.45, 7) is 0. The average molecular weight is 339 g/mol. The van der Waals surface area contributed by atoms with E-state index in [9.17, 15) is 13.2 Å². The number of nitrogens with zero attached hydrogens (tertiary/aromatic N) is 1. The molecule has 2 aliphatic rings. The topological polar surface area (TPSA) is 80.2 Å². The number of nitrogens with one attached hydrogen (secondary N) is 2. The lowest BCUT2D eigenvalue weighted by Crippen LogP contribution is -2.33. The molecule has 6 nitrogen and oxygen atoms in total. The molecule has 2 N–H and O–H groups in total. The predicted octanol–water partition coefficient (Wildman–Crippen LogP) is 1.92. The van der Waals surface area contributed by atoms with E-state index < -0.39 is 10.0 Å². The van der Waals surface area contributed by atoms with Gasteiger partial charge in [-0.2, -0.15) is 0 Å². The first-order valence-corrected chi connectivity index (χ1v) is 9.93. The Hall–Kier alpha value is -1.34. The Morgan fingerprint density at radius 1 is 1.09 bits per heavy atom. The second-order valence-corrected chi connectivity index (χ2v) is 8.44. The average Bonchev–Trinajstić information content (AvgIpc) is 3.20. The first-order valence-electron chi connectivity index (χ1n) is 8.45. The van der Waals surface area contributed by atoms with Crippen molar-refractivity contribution in [2.45, 2.75) is 68.3 Å². The fraction of sp³-hybridized carbons (Fsp3) is 0.688. The van der Waals surface area contributed by atoms with Crippen molar-refractivity contribution in [1.29, 1.82) is 0 Å². The number of hydrogen-bond donors (Lipinski definition) is 2. The Labute approximate surface area is 137 Å². The van der Waals surface area contributed by atoms with Gasteiger partial charge in [0, 0.05) is 25.3 Å².